The van der Waals surface area contributed by atoms with Gasteiger partial charge in [-0.2, -0.15) is 0 Å². The number of carbonyl (C=O) groups excluding carboxylic acids is 1. The molecule has 1 amide bonds. The van der Waals surface area contributed by atoms with Gasteiger partial charge in [-0.25, -0.2) is 0 Å². The molecule has 0 saturated heterocycles. The number of nitrogens with zero attached hydrogens (tertiary/aromatic N) is 3. The lowest BCUT2D eigenvalue weighted by molar-refractivity contribution is -0.119. The van der Waals surface area contributed by atoms with Crippen LogP contribution < -0.4 is 5.32 Å². The fraction of sp³-hybridized carbons (Fsp3) is 0.263. The van der Waals surface area contributed by atoms with Gasteiger partial charge in [-0.15, -0.1) is 10.2 Å². The molecule has 0 aliphatic heterocycles. The first-order valence-electron chi connectivity index (χ1n) is 8.38. The van der Waals surface area contributed by atoms with Crippen LogP contribution >= 0.6 is 11.8 Å². The third-order valence-corrected chi connectivity index (χ3v) is 4.68. The molecular weight excluding hydrogens is 348 g/mol. The summed E-state index contributed by atoms with van der Waals surface area (Å²) in [6.07, 6.45) is 4.16. The van der Waals surface area contributed by atoms with E-state index in [2.05, 4.69) is 51.7 Å². The zero-order chi connectivity index (χ0) is 18.4. The van der Waals surface area contributed by atoms with Crippen LogP contribution in [0.2, 0.25) is 0 Å². The largest absolute Gasteiger partial charge is 0.411 e. The summed E-state index contributed by atoms with van der Waals surface area (Å²) >= 11 is 1.22. The van der Waals surface area contributed by atoms with Crippen LogP contribution in [0.5, 0.6) is 0 Å². The van der Waals surface area contributed by atoms with Crippen LogP contribution in [0.25, 0.3) is 11.5 Å². The molecule has 134 valence electrons. The minimum absolute atomic E-state index is 0.00246. The van der Waals surface area contributed by atoms with Crippen LogP contribution in [-0.4, -0.2) is 26.8 Å². The van der Waals surface area contributed by atoms with E-state index in [1.807, 2.05) is 13.0 Å². The molecule has 3 rings (SSSR count). The maximum atomic E-state index is 12.3. The van der Waals surface area contributed by atoms with Gasteiger partial charge in [-0.3, -0.25) is 9.78 Å². The van der Waals surface area contributed by atoms with Crippen molar-refractivity contribution in [1.82, 2.24) is 20.5 Å². The van der Waals surface area contributed by atoms with Crippen molar-refractivity contribution in [2.45, 2.75) is 31.5 Å². The smallest absolute Gasteiger partial charge is 0.277 e. The van der Waals surface area contributed by atoms with Gasteiger partial charge in [0.1, 0.15) is 0 Å². The summed E-state index contributed by atoms with van der Waals surface area (Å²) in [5, 5.41) is 11.4. The van der Waals surface area contributed by atoms with E-state index in [-0.39, 0.29) is 17.7 Å². The molecule has 1 N–H and O–H groups in total. The Kier molecular flexibility index (Phi) is 6.01. The Labute approximate surface area is 156 Å². The summed E-state index contributed by atoms with van der Waals surface area (Å²) in [5.74, 6) is 0.549. The molecule has 6 nitrogen and oxygen atoms in total. The van der Waals surface area contributed by atoms with Crippen LogP contribution in [0.15, 0.2) is 58.4 Å². The third kappa shape index (κ3) is 4.70. The lowest BCUT2D eigenvalue weighted by atomic mass is 10.0. The SMILES string of the molecule is CC[C@H](NC(=O)CSc1nnc(-c2cccnc2)o1)c1ccc(C)cc1. The second-order valence-electron chi connectivity index (χ2n) is 5.84. The number of aromatic nitrogens is 3. The maximum Gasteiger partial charge on any atom is 0.277 e. The van der Waals surface area contributed by atoms with E-state index in [0.717, 1.165) is 17.5 Å². The van der Waals surface area contributed by atoms with Crippen LogP contribution in [0, 0.1) is 6.92 Å². The molecule has 0 aliphatic carbocycles. The highest BCUT2D eigenvalue weighted by Gasteiger charge is 2.15. The van der Waals surface area contributed by atoms with Crippen LogP contribution in [-0.2, 0) is 4.79 Å². The van der Waals surface area contributed by atoms with Crippen molar-refractivity contribution in [3.05, 3.63) is 59.9 Å². The molecule has 26 heavy (non-hydrogen) atoms. The van der Waals surface area contributed by atoms with Crippen molar-refractivity contribution in [2.75, 3.05) is 5.75 Å². The Morgan fingerprint density at radius 2 is 2.04 bits per heavy atom. The highest BCUT2D eigenvalue weighted by molar-refractivity contribution is 7.99. The summed E-state index contributed by atoms with van der Waals surface area (Å²) in [7, 11) is 0. The van der Waals surface area contributed by atoms with E-state index in [4.69, 9.17) is 4.42 Å². The van der Waals surface area contributed by atoms with E-state index in [1.54, 1.807) is 18.5 Å². The fourth-order valence-corrected chi connectivity index (χ4v) is 3.03. The van der Waals surface area contributed by atoms with Gasteiger partial charge in [0.05, 0.1) is 17.4 Å². The molecule has 0 spiro atoms. The molecule has 7 heteroatoms. The molecule has 0 bridgehead atoms. The van der Waals surface area contributed by atoms with Crippen molar-refractivity contribution < 1.29 is 9.21 Å². The second kappa shape index (κ2) is 8.62. The van der Waals surface area contributed by atoms with Gasteiger partial charge >= 0.3 is 0 Å². The average Bonchev–Trinajstić information content (AvgIpc) is 3.15. The maximum absolute atomic E-state index is 12.3. The average molecular weight is 368 g/mol. The Balaban J connectivity index is 1.55. The van der Waals surface area contributed by atoms with Crippen molar-refractivity contribution in [2.24, 2.45) is 0 Å². The normalized spacial score (nSPS) is 11.9. The molecule has 1 aromatic carbocycles. The fourth-order valence-electron chi connectivity index (χ4n) is 2.46. The number of aryl methyl sites for hydroxylation is 1. The number of amides is 1. The van der Waals surface area contributed by atoms with E-state index >= 15 is 0 Å². The zero-order valence-electron chi connectivity index (χ0n) is 14.7. The molecule has 0 fully saturated rings. The first-order chi connectivity index (χ1) is 12.7. The molecule has 1 atom stereocenters. The number of thioether (sulfide) groups is 1. The highest BCUT2D eigenvalue weighted by atomic mass is 32.2. The van der Waals surface area contributed by atoms with Crippen molar-refractivity contribution in [3.8, 4) is 11.5 Å². The van der Waals surface area contributed by atoms with Crippen LogP contribution in [0.3, 0.4) is 0 Å². The Morgan fingerprint density at radius 1 is 1.23 bits per heavy atom. The Morgan fingerprint density at radius 3 is 2.73 bits per heavy atom. The van der Waals surface area contributed by atoms with Crippen molar-refractivity contribution in [3.63, 3.8) is 0 Å². The lowest BCUT2D eigenvalue weighted by Crippen LogP contribution is -2.29. The molecule has 0 radical (unpaired) electrons. The molecule has 0 saturated carbocycles. The number of rotatable bonds is 7. The summed E-state index contributed by atoms with van der Waals surface area (Å²) in [6.45, 7) is 4.10. The van der Waals surface area contributed by atoms with E-state index < -0.39 is 0 Å². The van der Waals surface area contributed by atoms with Gasteiger partial charge in [0.15, 0.2) is 0 Å². The number of hydrogen-bond donors (Lipinski definition) is 1. The standard InChI is InChI=1S/C19H20N4O2S/c1-3-16(14-8-6-13(2)7-9-14)21-17(24)12-26-19-23-22-18(25-19)15-5-4-10-20-11-15/h4-11,16H,3,12H2,1-2H3,(H,21,24)/t16-/m0/s1. The number of pyridine rings is 1. The summed E-state index contributed by atoms with van der Waals surface area (Å²) in [6, 6.07) is 11.8. The molecule has 0 unspecified atom stereocenters. The topological polar surface area (TPSA) is 80.9 Å². The minimum atomic E-state index is -0.0662. The lowest BCUT2D eigenvalue weighted by Gasteiger charge is -2.17. The highest BCUT2D eigenvalue weighted by Crippen LogP contribution is 2.23. The van der Waals surface area contributed by atoms with Gasteiger partial charge in [0.25, 0.3) is 5.22 Å². The summed E-state index contributed by atoms with van der Waals surface area (Å²) in [5.41, 5.74) is 3.06. The van der Waals surface area contributed by atoms with E-state index in [0.29, 0.717) is 11.1 Å². The second-order valence-corrected chi connectivity index (χ2v) is 6.77. The molecule has 3 aromatic rings. The summed E-state index contributed by atoms with van der Waals surface area (Å²) < 4.78 is 5.57. The molecule has 2 heterocycles. The first kappa shape index (κ1) is 18.1. The first-order valence-corrected chi connectivity index (χ1v) is 9.37. The van der Waals surface area contributed by atoms with Gasteiger partial charge in [0, 0.05) is 12.4 Å². The van der Waals surface area contributed by atoms with E-state index in [1.165, 1.54) is 17.3 Å². The van der Waals surface area contributed by atoms with E-state index in [9.17, 15) is 4.79 Å². The predicted octanol–water partition coefficient (Wildman–Crippen LogP) is 3.80. The van der Waals surface area contributed by atoms with Crippen molar-refractivity contribution >= 4 is 17.7 Å². The number of nitrogens with one attached hydrogen (secondary N) is 1. The minimum Gasteiger partial charge on any atom is -0.411 e. The van der Waals surface area contributed by atoms with Crippen molar-refractivity contribution in [1.29, 1.82) is 0 Å². The summed E-state index contributed by atoms with van der Waals surface area (Å²) in [4.78, 5) is 16.3. The van der Waals surface area contributed by atoms with Gasteiger partial charge < -0.3 is 9.73 Å². The number of hydrogen-bond acceptors (Lipinski definition) is 6. The zero-order valence-corrected chi connectivity index (χ0v) is 15.5. The predicted molar refractivity (Wildman–Crippen MR) is 101 cm³/mol. The Hall–Kier alpha value is -2.67. The van der Waals surface area contributed by atoms with Gasteiger partial charge in [0.2, 0.25) is 11.8 Å². The van der Waals surface area contributed by atoms with Gasteiger partial charge in [-0.05, 0) is 31.0 Å². The third-order valence-electron chi connectivity index (χ3n) is 3.86. The van der Waals surface area contributed by atoms with Gasteiger partial charge in [-0.1, -0.05) is 48.5 Å². The van der Waals surface area contributed by atoms with Crippen LogP contribution in [0.1, 0.15) is 30.5 Å². The van der Waals surface area contributed by atoms with Crippen LogP contribution in [0.4, 0.5) is 0 Å². The monoisotopic (exact) mass is 368 g/mol. The number of carbonyl (C=O) groups is 1. The number of benzene rings is 1. The molecule has 0 aliphatic rings. The quantitative estimate of drug-likeness (QED) is 0.639. The molecular formula is C19H20N4O2S. The molecule has 2 aromatic heterocycles. The Bertz CT molecular complexity index is 849.